The summed E-state index contributed by atoms with van der Waals surface area (Å²) in [7, 11) is 0. The second-order valence-electron chi connectivity index (χ2n) is 17.2. The van der Waals surface area contributed by atoms with Crippen molar-refractivity contribution in [3.8, 4) is 0 Å². The Kier molecular flexibility index (Phi) is 44.3. The standard InChI is InChI=1S/C59H94O9/c1-3-5-7-9-11-13-15-17-19-21-23-25-27-28-30-32-34-36-38-40-42-44-46-48-55(61)67-53(52-66-59-58(64)57(63)56(62)54(50-60)68-59)51-65-49-47-45-43-41-39-37-35-33-31-29-26-24-22-20-18-16-14-12-10-8-6-4-2/h5-8,11-14,17-20,23-26,28,30-31,33-34,36,53-54,56-60,62-64H,3-4,9-10,15-16,21-22,27,29,32,35,37-52H2,1-2H3/b7-5-,8-6-,13-11-,14-12-,19-17-,20-18-,25-23-,26-24-,30-28-,33-31-,36-34-. The van der Waals surface area contributed by atoms with Crippen LogP contribution in [-0.2, 0) is 23.7 Å². The topological polar surface area (TPSA) is 135 Å². The minimum atomic E-state index is -1.55. The van der Waals surface area contributed by atoms with E-state index in [4.69, 9.17) is 18.9 Å². The number of ether oxygens (including phenoxy) is 4. The number of aliphatic hydroxyl groups excluding tert-OH is 4. The summed E-state index contributed by atoms with van der Waals surface area (Å²) < 4.78 is 22.9. The zero-order valence-corrected chi connectivity index (χ0v) is 42.3. The van der Waals surface area contributed by atoms with E-state index >= 15 is 0 Å². The Labute approximate surface area is 413 Å². The summed E-state index contributed by atoms with van der Waals surface area (Å²) in [6, 6.07) is 0. The van der Waals surface area contributed by atoms with Crippen molar-refractivity contribution in [1.82, 2.24) is 0 Å². The fourth-order valence-electron chi connectivity index (χ4n) is 7.05. The quantitative estimate of drug-likeness (QED) is 0.0268. The van der Waals surface area contributed by atoms with Crippen LogP contribution in [0.4, 0.5) is 0 Å². The lowest BCUT2D eigenvalue weighted by Gasteiger charge is -2.39. The van der Waals surface area contributed by atoms with Gasteiger partial charge in [0.25, 0.3) is 0 Å². The summed E-state index contributed by atoms with van der Waals surface area (Å²) in [6.45, 7) is 4.24. The molecule has 0 radical (unpaired) electrons. The number of carbonyl (C=O) groups excluding carboxylic acids is 1. The molecule has 0 amide bonds. The Morgan fingerprint density at radius 3 is 1.28 bits per heavy atom. The second-order valence-corrected chi connectivity index (χ2v) is 17.2. The normalized spacial score (nSPS) is 20.2. The molecule has 4 N–H and O–H groups in total. The van der Waals surface area contributed by atoms with Crippen molar-refractivity contribution in [2.75, 3.05) is 26.4 Å². The second kappa shape index (κ2) is 48.4. The molecule has 68 heavy (non-hydrogen) atoms. The van der Waals surface area contributed by atoms with Crippen LogP contribution in [-0.4, -0.2) is 89.6 Å². The fourth-order valence-corrected chi connectivity index (χ4v) is 7.05. The van der Waals surface area contributed by atoms with Crippen LogP contribution in [0.15, 0.2) is 134 Å². The predicted octanol–water partition coefficient (Wildman–Crippen LogP) is 13.3. The molecule has 0 bridgehead atoms. The number of allylic oxidation sites excluding steroid dienone is 22. The maximum atomic E-state index is 12.9. The zero-order valence-electron chi connectivity index (χ0n) is 42.3. The first-order valence-corrected chi connectivity index (χ1v) is 26.3. The molecule has 0 aromatic rings. The third kappa shape index (κ3) is 38.2. The van der Waals surface area contributed by atoms with Crippen LogP contribution >= 0.6 is 0 Å². The predicted molar refractivity (Wildman–Crippen MR) is 283 cm³/mol. The molecule has 1 fully saturated rings. The van der Waals surface area contributed by atoms with Gasteiger partial charge in [0.15, 0.2) is 6.29 Å². The van der Waals surface area contributed by atoms with Gasteiger partial charge in [-0.2, -0.15) is 0 Å². The third-order valence-corrected chi connectivity index (χ3v) is 11.1. The molecule has 384 valence electrons. The molecule has 1 saturated heterocycles. The average Bonchev–Trinajstić information content (AvgIpc) is 3.34. The lowest BCUT2D eigenvalue weighted by Crippen LogP contribution is -2.59. The molecule has 9 nitrogen and oxygen atoms in total. The summed E-state index contributed by atoms with van der Waals surface area (Å²) in [4.78, 5) is 12.9. The smallest absolute Gasteiger partial charge is 0.306 e. The van der Waals surface area contributed by atoms with Gasteiger partial charge in [-0.25, -0.2) is 0 Å². The number of hydrogen-bond donors (Lipinski definition) is 4. The number of esters is 1. The monoisotopic (exact) mass is 947 g/mol. The van der Waals surface area contributed by atoms with Crippen LogP contribution in [0.5, 0.6) is 0 Å². The van der Waals surface area contributed by atoms with Gasteiger partial charge in [0.05, 0.1) is 19.8 Å². The minimum Gasteiger partial charge on any atom is -0.457 e. The number of unbranched alkanes of at least 4 members (excludes halogenated alkanes) is 10. The number of carbonyl (C=O) groups is 1. The van der Waals surface area contributed by atoms with Gasteiger partial charge in [-0.15, -0.1) is 0 Å². The maximum absolute atomic E-state index is 12.9. The van der Waals surface area contributed by atoms with Gasteiger partial charge >= 0.3 is 5.97 Å². The Morgan fingerprint density at radius 2 is 0.853 bits per heavy atom. The van der Waals surface area contributed by atoms with Gasteiger partial charge in [-0.3, -0.25) is 4.79 Å². The molecular weight excluding hydrogens is 853 g/mol. The highest BCUT2D eigenvalue weighted by molar-refractivity contribution is 5.69. The summed E-state index contributed by atoms with van der Waals surface area (Å²) in [6.07, 6.45) is 64.8. The number of hydrogen-bond acceptors (Lipinski definition) is 9. The van der Waals surface area contributed by atoms with Crippen molar-refractivity contribution in [3.05, 3.63) is 134 Å². The van der Waals surface area contributed by atoms with Gasteiger partial charge in [0.1, 0.15) is 30.5 Å². The SMILES string of the molecule is CC/C=C\C/C=C\C/C=C\C/C=C\C/C=C\C/C=C\CCCCCCC(=O)OC(COCCCCCCCC/C=C\C/C=C\C/C=C\C/C=C\C/C=C\CC)COC1OC(CO)C(O)C(O)C1O. The lowest BCUT2D eigenvalue weighted by atomic mass is 9.99. The van der Waals surface area contributed by atoms with Crippen LogP contribution < -0.4 is 0 Å². The van der Waals surface area contributed by atoms with E-state index in [2.05, 4.69) is 148 Å². The summed E-state index contributed by atoms with van der Waals surface area (Å²) >= 11 is 0. The van der Waals surface area contributed by atoms with Gasteiger partial charge < -0.3 is 39.4 Å². The van der Waals surface area contributed by atoms with Crippen molar-refractivity contribution >= 4 is 5.97 Å². The molecular formula is C59H94O9. The Bertz CT molecular complexity index is 1500. The van der Waals surface area contributed by atoms with E-state index in [1.807, 2.05) is 0 Å². The highest BCUT2D eigenvalue weighted by Crippen LogP contribution is 2.22. The molecule has 1 heterocycles. The molecule has 6 unspecified atom stereocenters. The number of rotatable bonds is 43. The number of aliphatic hydroxyl groups is 4. The van der Waals surface area contributed by atoms with Gasteiger partial charge in [0.2, 0.25) is 0 Å². The first-order valence-electron chi connectivity index (χ1n) is 26.3. The minimum absolute atomic E-state index is 0.113. The molecule has 6 atom stereocenters. The Balaban J connectivity index is 2.26. The van der Waals surface area contributed by atoms with E-state index in [1.54, 1.807) is 0 Å². The van der Waals surface area contributed by atoms with Gasteiger partial charge in [-0.05, 0) is 109 Å². The molecule has 0 aromatic heterocycles. The van der Waals surface area contributed by atoms with Gasteiger partial charge in [0, 0.05) is 13.0 Å². The van der Waals surface area contributed by atoms with Gasteiger partial charge in [-0.1, -0.05) is 186 Å². The first-order chi connectivity index (χ1) is 33.4. The lowest BCUT2D eigenvalue weighted by molar-refractivity contribution is -0.305. The van der Waals surface area contributed by atoms with E-state index in [0.29, 0.717) is 13.0 Å². The van der Waals surface area contributed by atoms with Crippen LogP contribution in [0.1, 0.15) is 168 Å². The van der Waals surface area contributed by atoms with E-state index in [-0.39, 0.29) is 25.6 Å². The Hall–Kier alpha value is -3.67. The van der Waals surface area contributed by atoms with E-state index in [1.165, 1.54) is 19.3 Å². The van der Waals surface area contributed by atoms with Crippen molar-refractivity contribution in [1.29, 1.82) is 0 Å². The summed E-state index contributed by atoms with van der Waals surface area (Å²) in [5, 5.41) is 40.3. The van der Waals surface area contributed by atoms with Crippen molar-refractivity contribution in [2.45, 2.75) is 205 Å². The average molecular weight is 947 g/mol. The maximum Gasteiger partial charge on any atom is 0.306 e. The molecule has 0 spiro atoms. The largest absolute Gasteiger partial charge is 0.457 e. The molecule has 0 aromatic carbocycles. The molecule has 0 saturated carbocycles. The molecule has 1 rings (SSSR count). The van der Waals surface area contributed by atoms with Crippen molar-refractivity contribution in [3.63, 3.8) is 0 Å². The highest BCUT2D eigenvalue weighted by Gasteiger charge is 2.44. The van der Waals surface area contributed by atoms with Crippen molar-refractivity contribution in [2.24, 2.45) is 0 Å². The summed E-state index contributed by atoms with van der Waals surface area (Å²) in [5.74, 6) is -0.349. The van der Waals surface area contributed by atoms with E-state index in [9.17, 15) is 25.2 Å². The summed E-state index contributed by atoms with van der Waals surface area (Å²) in [5.41, 5.74) is 0. The Morgan fingerprint density at radius 1 is 0.471 bits per heavy atom. The first kappa shape index (κ1) is 62.3. The van der Waals surface area contributed by atoms with Crippen LogP contribution in [0.3, 0.4) is 0 Å². The molecule has 9 heteroatoms. The van der Waals surface area contributed by atoms with Crippen LogP contribution in [0, 0.1) is 0 Å². The van der Waals surface area contributed by atoms with Crippen LogP contribution in [0.2, 0.25) is 0 Å². The fraction of sp³-hybridized carbons (Fsp3) is 0.610. The highest BCUT2D eigenvalue weighted by atomic mass is 16.7. The third-order valence-electron chi connectivity index (χ3n) is 11.1. The molecule has 0 aliphatic carbocycles. The zero-order chi connectivity index (χ0) is 49.2. The molecule has 1 aliphatic rings. The van der Waals surface area contributed by atoms with E-state index in [0.717, 1.165) is 122 Å². The molecule has 1 aliphatic heterocycles. The van der Waals surface area contributed by atoms with Crippen molar-refractivity contribution < 1.29 is 44.2 Å². The van der Waals surface area contributed by atoms with E-state index < -0.39 is 43.4 Å². The van der Waals surface area contributed by atoms with Crippen LogP contribution in [0.25, 0.3) is 0 Å².